The topological polar surface area (TPSA) is 68.1 Å². The lowest BCUT2D eigenvalue weighted by Gasteiger charge is -2.13. The van der Waals surface area contributed by atoms with Crippen molar-refractivity contribution in [2.75, 3.05) is 10.6 Å². The third-order valence-corrected chi connectivity index (χ3v) is 3.08. The first kappa shape index (κ1) is 13.9. The predicted molar refractivity (Wildman–Crippen MR) is 78.7 cm³/mol. The van der Waals surface area contributed by atoms with Crippen LogP contribution in [0.4, 0.5) is 16.2 Å². The van der Waals surface area contributed by atoms with E-state index in [2.05, 4.69) is 10.6 Å². The van der Waals surface area contributed by atoms with Crippen LogP contribution >= 0.6 is 0 Å². The fourth-order valence-electron chi connectivity index (χ4n) is 2.08. The summed E-state index contributed by atoms with van der Waals surface area (Å²) in [7, 11) is 0. The summed E-state index contributed by atoms with van der Waals surface area (Å²) in [5.74, 6) is 0. The second-order valence-electron chi connectivity index (χ2n) is 4.67. The van der Waals surface area contributed by atoms with E-state index in [9.17, 15) is 10.0 Å². The molecular weight excluding hydrogens is 254 g/mol. The van der Waals surface area contributed by atoms with E-state index < -0.39 is 0 Å². The number of carbonyl (C=O) groups is 1. The van der Waals surface area contributed by atoms with E-state index in [0.29, 0.717) is 22.8 Å². The maximum atomic E-state index is 11.9. The maximum absolute atomic E-state index is 11.9. The van der Waals surface area contributed by atoms with Crippen LogP contribution in [0, 0.1) is 26.0 Å². The molecule has 0 radical (unpaired) electrons. The van der Waals surface area contributed by atoms with Crippen molar-refractivity contribution in [3.63, 3.8) is 0 Å². The molecule has 5 heteroatoms. The number of para-hydroxylation sites is 1. The Morgan fingerprint density at radius 1 is 1.10 bits per heavy atom. The van der Waals surface area contributed by atoms with E-state index in [1.54, 1.807) is 32.0 Å². The van der Waals surface area contributed by atoms with E-state index in [4.69, 9.17) is 0 Å². The van der Waals surface area contributed by atoms with Gasteiger partial charge in [-0.25, -0.2) is 4.79 Å². The van der Waals surface area contributed by atoms with Crippen LogP contribution in [0.1, 0.15) is 17.0 Å². The molecule has 0 aliphatic heterocycles. The van der Waals surface area contributed by atoms with Gasteiger partial charge >= 0.3 is 6.03 Å². The van der Waals surface area contributed by atoms with Gasteiger partial charge in [-0.1, -0.05) is 18.2 Å². The van der Waals surface area contributed by atoms with E-state index in [1.807, 2.05) is 25.1 Å². The van der Waals surface area contributed by atoms with Crippen LogP contribution in [0.25, 0.3) is 0 Å². The Labute approximate surface area is 117 Å². The van der Waals surface area contributed by atoms with Crippen LogP contribution in [-0.2, 0) is 0 Å². The summed E-state index contributed by atoms with van der Waals surface area (Å²) >= 11 is 0. The van der Waals surface area contributed by atoms with Crippen LogP contribution < -0.4 is 15.4 Å². The minimum Gasteiger partial charge on any atom is -0.618 e. The molecule has 0 bridgehead atoms. The summed E-state index contributed by atoms with van der Waals surface area (Å²) in [4.78, 5) is 11.9. The molecule has 2 amide bonds. The molecule has 5 nitrogen and oxygen atoms in total. The molecule has 1 aromatic carbocycles. The fraction of sp³-hybridized carbons (Fsp3) is 0.200. The summed E-state index contributed by atoms with van der Waals surface area (Å²) in [6.45, 7) is 5.28. The van der Waals surface area contributed by atoms with Crippen molar-refractivity contribution in [2.24, 2.45) is 0 Å². The van der Waals surface area contributed by atoms with E-state index >= 15 is 0 Å². The number of pyridine rings is 1. The summed E-state index contributed by atoms with van der Waals surface area (Å²) in [5.41, 5.74) is 3.18. The van der Waals surface area contributed by atoms with Gasteiger partial charge in [0.15, 0.2) is 5.69 Å². The lowest BCUT2D eigenvalue weighted by atomic mass is 10.1. The van der Waals surface area contributed by atoms with Crippen LogP contribution in [0.3, 0.4) is 0 Å². The summed E-state index contributed by atoms with van der Waals surface area (Å²) in [6, 6.07) is 10.5. The monoisotopic (exact) mass is 271 g/mol. The molecule has 1 heterocycles. The second-order valence-corrected chi connectivity index (χ2v) is 4.67. The number of nitrogens with zero attached hydrogens (tertiary/aromatic N) is 1. The molecule has 1 aromatic heterocycles. The Morgan fingerprint density at radius 2 is 1.75 bits per heavy atom. The van der Waals surface area contributed by atoms with Gasteiger partial charge < -0.3 is 15.8 Å². The van der Waals surface area contributed by atoms with Gasteiger partial charge in [0.05, 0.1) is 0 Å². The highest BCUT2D eigenvalue weighted by molar-refractivity contribution is 6.00. The van der Waals surface area contributed by atoms with Gasteiger partial charge in [0.2, 0.25) is 5.69 Å². The highest BCUT2D eigenvalue weighted by Gasteiger charge is 2.16. The molecule has 2 rings (SSSR count). The number of anilines is 2. The summed E-state index contributed by atoms with van der Waals surface area (Å²) in [6.07, 6.45) is 0. The molecule has 0 unspecified atom stereocenters. The van der Waals surface area contributed by atoms with Gasteiger partial charge in [-0.15, -0.1) is 0 Å². The van der Waals surface area contributed by atoms with Crippen molar-refractivity contribution < 1.29 is 9.52 Å². The van der Waals surface area contributed by atoms with Crippen molar-refractivity contribution in [1.29, 1.82) is 0 Å². The third-order valence-electron chi connectivity index (χ3n) is 3.08. The zero-order valence-corrected chi connectivity index (χ0v) is 11.7. The first-order valence-corrected chi connectivity index (χ1v) is 6.32. The number of urea groups is 1. The molecule has 104 valence electrons. The van der Waals surface area contributed by atoms with Gasteiger partial charge in [0, 0.05) is 25.6 Å². The summed E-state index contributed by atoms with van der Waals surface area (Å²) < 4.78 is 0.811. The predicted octanol–water partition coefficient (Wildman–Crippen LogP) is 2.89. The zero-order valence-electron chi connectivity index (χ0n) is 11.7. The summed E-state index contributed by atoms with van der Waals surface area (Å²) in [5, 5.41) is 17.3. The lowest BCUT2D eigenvalue weighted by molar-refractivity contribution is -0.618. The molecular formula is C15H17N3O2. The number of hydrogen-bond donors (Lipinski definition) is 2. The smallest absolute Gasteiger partial charge is 0.323 e. The van der Waals surface area contributed by atoms with Gasteiger partial charge in [-0.05, 0) is 24.6 Å². The number of aryl methyl sites for hydroxylation is 2. The minimum absolute atomic E-state index is 0.369. The molecule has 20 heavy (non-hydrogen) atoms. The van der Waals surface area contributed by atoms with E-state index in [0.717, 1.165) is 10.3 Å². The van der Waals surface area contributed by atoms with Gasteiger partial charge in [-0.3, -0.25) is 0 Å². The molecule has 0 saturated carbocycles. The van der Waals surface area contributed by atoms with Gasteiger partial charge in [0.1, 0.15) is 5.69 Å². The Morgan fingerprint density at radius 3 is 2.40 bits per heavy atom. The van der Waals surface area contributed by atoms with Gasteiger partial charge in [-0.2, -0.15) is 4.73 Å². The number of nitrogens with one attached hydrogen (secondary N) is 2. The number of rotatable bonds is 2. The second kappa shape index (κ2) is 5.61. The van der Waals surface area contributed by atoms with Crippen LogP contribution in [-0.4, -0.2) is 6.03 Å². The van der Waals surface area contributed by atoms with E-state index in [-0.39, 0.29) is 6.03 Å². The maximum Gasteiger partial charge on any atom is 0.323 e. The highest BCUT2D eigenvalue weighted by Crippen LogP contribution is 2.18. The third kappa shape index (κ3) is 2.88. The largest absolute Gasteiger partial charge is 0.618 e. The van der Waals surface area contributed by atoms with E-state index in [1.165, 1.54) is 0 Å². The Hall–Kier alpha value is -2.56. The van der Waals surface area contributed by atoms with Crippen molar-refractivity contribution in [3.05, 3.63) is 58.6 Å². The standard InChI is InChI=1S/C15H17N3O2/c1-10-9-11(2)18(20)12(3)14(10)17-15(19)16-13-7-5-4-6-8-13/h4-9H,1-3H3,(H2,16,17,19). The van der Waals surface area contributed by atoms with Crippen molar-refractivity contribution in [2.45, 2.75) is 20.8 Å². The van der Waals surface area contributed by atoms with Gasteiger partial charge in [0.25, 0.3) is 0 Å². The SMILES string of the molecule is Cc1cc(C)[n+]([O-])c(C)c1NC(=O)Nc1ccccc1. The molecule has 2 N–H and O–H groups in total. The molecule has 0 atom stereocenters. The first-order valence-electron chi connectivity index (χ1n) is 6.32. The molecule has 0 saturated heterocycles. The minimum atomic E-state index is -0.369. The Balaban J connectivity index is 2.18. The average molecular weight is 271 g/mol. The number of hydrogen-bond acceptors (Lipinski definition) is 2. The van der Waals surface area contributed by atoms with Crippen LogP contribution in [0.2, 0.25) is 0 Å². The van der Waals surface area contributed by atoms with Crippen LogP contribution in [0.15, 0.2) is 36.4 Å². The average Bonchev–Trinajstić information content (AvgIpc) is 2.42. The lowest BCUT2D eigenvalue weighted by Crippen LogP contribution is -2.36. The highest BCUT2D eigenvalue weighted by atomic mass is 16.5. The number of benzene rings is 1. The quantitative estimate of drug-likeness (QED) is 0.651. The molecule has 2 aromatic rings. The molecule has 0 spiro atoms. The molecule has 0 aliphatic rings. The first-order chi connectivity index (χ1) is 9.49. The number of carbonyl (C=O) groups excluding carboxylic acids is 1. The Bertz CT molecular complexity index is 639. The molecule has 0 fully saturated rings. The molecule has 0 aliphatic carbocycles. The fourth-order valence-corrected chi connectivity index (χ4v) is 2.08. The van der Waals surface area contributed by atoms with Crippen molar-refractivity contribution in [1.82, 2.24) is 0 Å². The number of aromatic nitrogens is 1. The number of amides is 2. The Kier molecular flexibility index (Phi) is 3.89. The van der Waals surface area contributed by atoms with Crippen molar-refractivity contribution >= 4 is 17.4 Å². The normalized spacial score (nSPS) is 10.2. The van der Waals surface area contributed by atoms with Crippen LogP contribution in [0.5, 0.6) is 0 Å². The zero-order chi connectivity index (χ0) is 14.7. The van der Waals surface area contributed by atoms with Crippen molar-refractivity contribution in [3.8, 4) is 0 Å².